The number of hydrogen-bond donors (Lipinski definition) is 1. The fourth-order valence-corrected chi connectivity index (χ4v) is 5.90. The van der Waals surface area contributed by atoms with Crippen LogP contribution in [-0.2, 0) is 24.3 Å². The fourth-order valence-electron chi connectivity index (χ4n) is 5.90. The maximum absolute atomic E-state index is 12.8. The van der Waals surface area contributed by atoms with Gasteiger partial charge in [0.05, 0.1) is 36.0 Å². The molecule has 6 heterocycles. The summed E-state index contributed by atoms with van der Waals surface area (Å²) in [5.74, 6) is 0.816. The molecule has 0 spiro atoms. The van der Waals surface area contributed by atoms with E-state index in [1.54, 1.807) is 0 Å². The number of hydrogen-bond acceptors (Lipinski definition) is 6. The van der Waals surface area contributed by atoms with Crippen LogP contribution in [0, 0.1) is 0 Å². The first-order chi connectivity index (χ1) is 23.1. The molecule has 0 aliphatic carbocycles. The maximum atomic E-state index is 12.8. The van der Waals surface area contributed by atoms with Crippen LogP contribution >= 0.6 is 0 Å². The van der Waals surface area contributed by atoms with Gasteiger partial charge in [-0.1, -0.05) is 73.9 Å². The van der Waals surface area contributed by atoms with Crippen molar-refractivity contribution in [3.05, 3.63) is 132 Å². The second-order valence-electron chi connectivity index (χ2n) is 12.0. The summed E-state index contributed by atoms with van der Waals surface area (Å²) in [7, 11) is 0. The Morgan fingerprint density at radius 2 is 1.23 bits per heavy atom. The molecular weight excluding hydrogens is 586 g/mol. The molecule has 1 atom stereocenters. The molecule has 4 aliphatic rings. The van der Waals surface area contributed by atoms with Crippen LogP contribution in [0.25, 0.3) is 22.6 Å². The van der Waals surface area contributed by atoms with Gasteiger partial charge in [-0.3, -0.25) is 9.69 Å². The Morgan fingerprint density at radius 3 is 1.91 bits per heavy atom. The van der Waals surface area contributed by atoms with E-state index >= 15 is 0 Å². The van der Waals surface area contributed by atoms with E-state index < -0.39 is 12.0 Å². The third kappa shape index (κ3) is 9.05. The molecule has 7 heteroatoms. The Balaban J connectivity index is 1.31. The van der Waals surface area contributed by atoms with Crippen LogP contribution in [0.3, 0.4) is 0 Å². The van der Waals surface area contributed by atoms with Gasteiger partial charge in [-0.2, -0.15) is 0 Å². The van der Waals surface area contributed by atoms with Crippen molar-refractivity contribution in [2.45, 2.75) is 57.7 Å². The minimum absolute atomic E-state index is 0.358. The Bertz CT molecular complexity index is 1730. The minimum Gasteiger partial charge on any atom is -0.494 e. The largest absolute Gasteiger partial charge is 0.494 e. The highest BCUT2D eigenvalue weighted by molar-refractivity contribution is 5.74. The lowest BCUT2D eigenvalue weighted by atomic mass is 10.0. The molecule has 0 amide bonds. The smallest absolute Gasteiger partial charge is 0.321 e. The summed E-state index contributed by atoms with van der Waals surface area (Å²) in [6.45, 7) is 2.18. The molecule has 0 saturated carbocycles. The molecule has 0 unspecified atom stereocenters. The molecule has 4 aliphatic heterocycles. The Hall–Kier alpha value is -5.01. The third-order valence-electron chi connectivity index (χ3n) is 8.47. The van der Waals surface area contributed by atoms with Crippen molar-refractivity contribution in [2.75, 3.05) is 13.2 Å². The molecular formula is C40H41N3O4. The van der Waals surface area contributed by atoms with Crippen molar-refractivity contribution < 1.29 is 19.4 Å². The van der Waals surface area contributed by atoms with Crippen LogP contribution in [0.15, 0.2) is 115 Å². The summed E-state index contributed by atoms with van der Waals surface area (Å²) in [5.41, 5.74) is 6.11. The van der Waals surface area contributed by atoms with Crippen LogP contribution in [0.4, 0.5) is 0 Å². The van der Waals surface area contributed by atoms with Crippen molar-refractivity contribution in [3.8, 4) is 34.1 Å². The van der Waals surface area contributed by atoms with E-state index in [1.165, 1.54) is 0 Å². The highest BCUT2D eigenvalue weighted by Crippen LogP contribution is 2.25. The maximum Gasteiger partial charge on any atom is 0.321 e. The monoisotopic (exact) mass is 627 g/mol. The third-order valence-corrected chi connectivity index (χ3v) is 8.47. The van der Waals surface area contributed by atoms with E-state index in [1.807, 2.05) is 120 Å². The van der Waals surface area contributed by atoms with Gasteiger partial charge in [0, 0.05) is 18.7 Å². The molecule has 1 N–H and O–H groups in total. The van der Waals surface area contributed by atoms with E-state index in [4.69, 9.17) is 19.4 Å². The summed E-state index contributed by atoms with van der Waals surface area (Å²) < 4.78 is 12.0. The van der Waals surface area contributed by atoms with Gasteiger partial charge in [-0.25, -0.2) is 9.97 Å². The van der Waals surface area contributed by atoms with Crippen LogP contribution < -0.4 is 9.47 Å². The molecule has 240 valence electrons. The molecule has 9 rings (SSSR count). The molecule has 0 saturated heterocycles. The lowest BCUT2D eigenvalue weighted by molar-refractivity contribution is -0.143. The molecule has 5 aromatic rings. The number of ether oxygens (including phenoxy) is 2. The predicted molar refractivity (Wildman–Crippen MR) is 184 cm³/mol. The van der Waals surface area contributed by atoms with E-state index in [9.17, 15) is 9.90 Å². The van der Waals surface area contributed by atoms with Gasteiger partial charge in [0.1, 0.15) is 17.5 Å². The molecule has 2 aromatic heterocycles. The number of carbonyl (C=O) groups is 1. The molecule has 0 radical (unpaired) electrons. The highest BCUT2D eigenvalue weighted by atomic mass is 16.5. The minimum atomic E-state index is -0.865. The summed E-state index contributed by atoms with van der Waals surface area (Å²) in [5, 5.41) is 10.5. The quantitative estimate of drug-likeness (QED) is 0.215. The van der Waals surface area contributed by atoms with Crippen molar-refractivity contribution in [2.24, 2.45) is 0 Å². The zero-order chi connectivity index (χ0) is 32.3. The number of rotatable bonds is 4. The number of aromatic nitrogens is 2. The van der Waals surface area contributed by atoms with E-state index in [0.29, 0.717) is 32.7 Å². The van der Waals surface area contributed by atoms with Gasteiger partial charge >= 0.3 is 5.97 Å². The molecule has 47 heavy (non-hydrogen) atoms. The molecule has 0 fully saturated rings. The van der Waals surface area contributed by atoms with Gasteiger partial charge in [0.25, 0.3) is 0 Å². The second-order valence-corrected chi connectivity index (χ2v) is 12.0. The predicted octanol–water partition coefficient (Wildman–Crippen LogP) is 8.23. The van der Waals surface area contributed by atoms with E-state index in [2.05, 4.69) is 0 Å². The van der Waals surface area contributed by atoms with Crippen molar-refractivity contribution in [3.63, 3.8) is 0 Å². The van der Waals surface area contributed by atoms with Crippen molar-refractivity contribution in [1.82, 2.24) is 14.9 Å². The first kappa shape index (κ1) is 32.0. The number of carboxylic acids is 1. The average molecular weight is 628 g/mol. The van der Waals surface area contributed by atoms with Gasteiger partial charge < -0.3 is 14.6 Å². The van der Waals surface area contributed by atoms with Gasteiger partial charge in [-0.05, 0) is 91.1 Å². The summed E-state index contributed by atoms with van der Waals surface area (Å²) in [6.07, 6.45) is 5.78. The molecule has 3 aromatic carbocycles. The number of aliphatic carboxylic acids is 1. The Morgan fingerprint density at radius 1 is 0.638 bits per heavy atom. The SMILES string of the molecule is O=C(O)[C@H](Cc1ccccc1)N1Cc2ccc(cc2)OCCCCCCCOc2ccc(cc2)-c2cccc(n2)-c2cccc(n2)C1. The first-order valence-corrected chi connectivity index (χ1v) is 16.5. The summed E-state index contributed by atoms with van der Waals surface area (Å²) >= 11 is 0. The highest BCUT2D eigenvalue weighted by Gasteiger charge is 2.27. The van der Waals surface area contributed by atoms with Crippen molar-refractivity contribution >= 4 is 5.97 Å². The Labute approximate surface area is 276 Å². The topological polar surface area (TPSA) is 84.8 Å². The molecule has 7 nitrogen and oxygen atoms in total. The van der Waals surface area contributed by atoms with Crippen LogP contribution in [0.5, 0.6) is 11.5 Å². The molecule has 8 bridgehead atoms. The van der Waals surface area contributed by atoms with Gasteiger partial charge in [-0.15, -0.1) is 0 Å². The first-order valence-electron chi connectivity index (χ1n) is 16.5. The van der Waals surface area contributed by atoms with E-state index in [0.717, 1.165) is 83.1 Å². The lowest BCUT2D eigenvalue weighted by Gasteiger charge is -2.29. The van der Waals surface area contributed by atoms with Gasteiger partial charge in [0.15, 0.2) is 0 Å². The normalized spacial score (nSPS) is 15.3. The standard InChI is InChI=1S/C40H41N3O4/c44-40(45)39(27-30-11-5-4-6-12-30)43-28-31-17-21-34(22-18-31)46-25-7-2-1-3-8-26-47-35-23-19-32(20-24-35)36-14-10-16-38(42-36)37-15-9-13-33(29-43)41-37/h4-6,9-24,39H,1-3,7-8,25-29H2,(H,44,45)/t39-/m0/s1. The number of nitrogens with zero attached hydrogens (tertiary/aromatic N) is 3. The summed E-state index contributed by atoms with van der Waals surface area (Å²) in [6, 6.07) is 36.9. The zero-order valence-corrected chi connectivity index (χ0v) is 26.6. The van der Waals surface area contributed by atoms with Crippen LogP contribution in [0.1, 0.15) is 48.9 Å². The number of carboxylic acid groups (broad SMARTS) is 1. The van der Waals surface area contributed by atoms with Crippen molar-refractivity contribution in [1.29, 1.82) is 0 Å². The number of benzene rings is 3. The van der Waals surface area contributed by atoms with Crippen LogP contribution in [0.2, 0.25) is 0 Å². The zero-order valence-electron chi connectivity index (χ0n) is 26.6. The number of pyridine rings is 2. The van der Waals surface area contributed by atoms with E-state index in [-0.39, 0.29) is 0 Å². The van der Waals surface area contributed by atoms with Crippen LogP contribution in [-0.4, -0.2) is 45.2 Å². The lowest BCUT2D eigenvalue weighted by Crippen LogP contribution is -2.42. The second kappa shape index (κ2) is 16.0. The summed E-state index contributed by atoms with van der Waals surface area (Å²) in [4.78, 5) is 24.7. The van der Waals surface area contributed by atoms with Gasteiger partial charge in [0.2, 0.25) is 0 Å². The fraction of sp³-hybridized carbons (Fsp3) is 0.275. The average Bonchev–Trinajstić information content (AvgIpc) is 3.11. The Kier molecular flexibility index (Phi) is 10.9.